The van der Waals surface area contributed by atoms with Gasteiger partial charge in [-0.25, -0.2) is 0 Å². The van der Waals surface area contributed by atoms with Crippen molar-refractivity contribution in [1.82, 2.24) is 5.32 Å². The molecule has 0 aromatic heterocycles. The summed E-state index contributed by atoms with van der Waals surface area (Å²) in [4.78, 5) is 22.2. The Kier molecular flexibility index (Phi) is 6.02. The molecule has 0 aliphatic heterocycles. The Morgan fingerprint density at radius 2 is 2.05 bits per heavy atom. The minimum Gasteiger partial charge on any atom is -0.480 e. The second-order valence-corrected chi connectivity index (χ2v) is 4.54. The first-order chi connectivity index (χ1) is 9.00. The molecular weight excluding hydrogens is 244 g/mol. The zero-order valence-corrected chi connectivity index (χ0v) is 11.1. The summed E-state index contributed by atoms with van der Waals surface area (Å²) >= 11 is 0. The van der Waals surface area contributed by atoms with Gasteiger partial charge in [0.15, 0.2) is 0 Å². The van der Waals surface area contributed by atoms with Crippen molar-refractivity contribution in [3.63, 3.8) is 0 Å². The van der Waals surface area contributed by atoms with Gasteiger partial charge in [-0.1, -0.05) is 24.3 Å². The van der Waals surface area contributed by atoms with E-state index in [9.17, 15) is 9.59 Å². The largest absolute Gasteiger partial charge is 0.480 e. The molecule has 0 bridgehead atoms. The smallest absolute Gasteiger partial charge is 0.320 e. The van der Waals surface area contributed by atoms with Crippen molar-refractivity contribution in [3.8, 4) is 0 Å². The number of hydrogen-bond donors (Lipinski definition) is 3. The van der Waals surface area contributed by atoms with Gasteiger partial charge in [-0.3, -0.25) is 9.59 Å². The van der Waals surface area contributed by atoms with Crippen molar-refractivity contribution in [1.29, 1.82) is 0 Å². The maximum absolute atomic E-state index is 11.7. The lowest BCUT2D eigenvalue weighted by Gasteiger charge is -2.08. The Labute approximate surface area is 112 Å². The van der Waals surface area contributed by atoms with Crippen LogP contribution in [-0.4, -0.2) is 29.6 Å². The lowest BCUT2D eigenvalue weighted by Crippen LogP contribution is -2.32. The van der Waals surface area contributed by atoms with Crippen molar-refractivity contribution in [2.45, 2.75) is 32.2 Å². The van der Waals surface area contributed by atoms with Gasteiger partial charge in [0.1, 0.15) is 6.04 Å². The molecule has 1 amide bonds. The summed E-state index contributed by atoms with van der Waals surface area (Å²) in [6.07, 6.45) is 1.27. The fourth-order valence-electron chi connectivity index (χ4n) is 1.72. The van der Waals surface area contributed by atoms with Crippen molar-refractivity contribution in [3.05, 3.63) is 35.4 Å². The highest BCUT2D eigenvalue weighted by atomic mass is 16.4. The molecule has 0 saturated heterocycles. The van der Waals surface area contributed by atoms with Gasteiger partial charge >= 0.3 is 5.97 Å². The lowest BCUT2D eigenvalue weighted by molar-refractivity contribution is -0.138. The van der Waals surface area contributed by atoms with E-state index < -0.39 is 12.0 Å². The zero-order valence-electron chi connectivity index (χ0n) is 11.1. The Morgan fingerprint density at radius 3 is 2.68 bits per heavy atom. The van der Waals surface area contributed by atoms with Crippen LogP contribution in [0.3, 0.4) is 0 Å². The molecule has 1 atom stereocenters. The van der Waals surface area contributed by atoms with Crippen molar-refractivity contribution < 1.29 is 14.7 Å². The van der Waals surface area contributed by atoms with Gasteiger partial charge in [-0.05, 0) is 30.9 Å². The maximum Gasteiger partial charge on any atom is 0.320 e. The molecule has 4 N–H and O–H groups in total. The van der Waals surface area contributed by atoms with Gasteiger partial charge in [0, 0.05) is 6.54 Å². The number of rotatable bonds is 7. The van der Waals surface area contributed by atoms with Crippen molar-refractivity contribution in [2.24, 2.45) is 5.73 Å². The monoisotopic (exact) mass is 264 g/mol. The van der Waals surface area contributed by atoms with E-state index in [1.54, 1.807) is 0 Å². The average Bonchev–Trinajstić information content (AvgIpc) is 2.37. The number of carbonyl (C=O) groups excluding carboxylic acids is 1. The molecule has 1 aromatic carbocycles. The third kappa shape index (κ3) is 5.52. The molecule has 0 saturated carbocycles. The fourth-order valence-corrected chi connectivity index (χ4v) is 1.72. The van der Waals surface area contributed by atoms with Crippen molar-refractivity contribution >= 4 is 11.9 Å². The molecule has 0 spiro atoms. The van der Waals surface area contributed by atoms with E-state index in [1.807, 2.05) is 31.2 Å². The number of nitrogens with two attached hydrogens (primary N) is 1. The standard InChI is InChI=1S/C14H20N2O3/c1-10-5-2-3-6-11(10)9-13(17)16-8-4-7-12(15)14(18)19/h2-3,5-6,12H,4,7-9,15H2,1H3,(H,16,17)(H,18,19)/t12-/m0/s1. The van der Waals surface area contributed by atoms with E-state index in [-0.39, 0.29) is 5.91 Å². The third-order valence-corrected chi connectivity index (χ3v) is 2.94. The van der Waals surface area contributed by atoms with Crippen LogP contribution in [0.2, 0.25) is 0 Å². The number of carboxylic acids is 1. The van der Waals surface area contributed by atoms with Crippen molar-refractivity contribution in [2.75, 3.05) is 6.54 Å². The minimum atomic E-state index is -1.01. The number of aliphatic carboxylic acids is 1. The van der Waals surface area contributed by atoms with Crippen LogP contribution in [0.5, 0.6) is 0 Å². The van der Waals surface area contributed by atoms with Gasteiger partial charge in [0.2, 0.25) is 5.91 Å². The molecular formula is C14H20N2O3. The van der Waals surface area contributed by atoms with Crippen LogP contribution in [0.1, 0.15) is 24.0 Å². The quantitative estimate of drug-likeness (QED) is 0.636. The first-order valence-corrected chi connectivity index (χ1v) is 6.30. The molecule has 0 aliphatic rings. The molecule has 19 heavy (non-hydrogen) atoms. The first-order valence-electron chi connectivity index (χ1n) is 6.30. The molecule has 0 fully saturated rings. The van der Waals surface area contributed by atoms with Crippen LogP contribution in [0, 0.1) is 6.92 Å². The highest BCUT2D eigenvalue weighted by molar-refractivity contribution is 5.78. The lowest BCUT2D eigenvalue weighted by atomic mass is 10.1. The molecule has 0 radical (unpaired) electrons. The van der Waals surface area contributed by atoms with Crippen LogP contribution < -0.4 is 11.1 Å². The third-order valence-electron chi connectivity index (χ3n) is 2.94. The number of carbonyl (C=O) groups is 2. The van der Waals surface area contributed by atoms with E-state index in [2.05, 4.69) is 5.32 Å². The minimum absolute atomic E-state index is 0.0572. The van der Waals surface area contributed by atoms with E-state index in [1.165, 1.54) is 0 Å². The summed E-state index contributed by atoms with van der Waals surface area (Å²) in [5.41, 5.74) is 7.46. The predicted octanol–water partition coefficient (Wildman–Crippen LogP) is 0.846. The summed E-state index contributed by atoms with van der Waals surface area (Å²) in [6, 6.07) is 6.88. The first kappa shape index (κ1) is 15.2. The second kappa shape index (κ2) is 7.53. The zero-order chi connectivity index (χ0) is 14.3. The SMILES string of the molecule is Cc1ccccc1CC(=O)NCCC[C@H](N)C(=O)O. The van der Waals surface area contributed by atoms with Gasteiger partial charge < -0.3 is 16.2 Å². The normalized spacial score (nSPS) is 11.9. The Hall–Kier alpha value is -1.88. The van der Waals surface area contributed by atoms with E-state index in [0.717, 1.165) is 11.1 Å². The highest BCUT2D eigenvalue weighted by Gasteiger charge is 2.10. The van der Waals surface area contributed by atoms with E-state index in [0.29, 0.717) is 25.8 Å². The van der Waals surface area contributed by atoms with Gasteiger partial charge in [-0.2, -0.15) is 0 Å². The van der Waals surface area contributed by atoms with Crippen LogP contribution in [0.4, 0.5) is 0 Å². The summed E-state index contributed by atoms with van der Waals surface area (Å²) in [7, 11) is 0. The molecule has 104 valence electrons. The second-order valence-electron chi connectivity index (χ2n) is 4.54. The molecule has 0 heterocycles. The topological polar surface area (TPSA) is 92.4 Å². The van der Waals surface area contributed by atoms with Crippen LogP contribution in [0.15, 0.2) is 24.3 Å². The molecule has 0 aliphatic carbocycles. The molecule has 1 aromatic rings. The van der Waals surface area contributed by atoms with E-state index in [4.69, 9.17) is 10.8 Å². The molecule has 5 heteroatoms. The number of carboxylic acid groups (broad SMARTS) is 1. The Bertz CT molecular complexity index is 446. The molecule has 1 rings (SSSR count). The number of aryl methyl sites for hydroxylation is 1. The highest BCUT2D eigenvalue weighted by Crippen LogP contribution is 2.07. The van der Waals surface area contributed by atoms with Crippen LogP contribution >= 0.6 is 0 Å². The van der Waals surface area contributed by atoms with Crippen LogP contribution in [0.25, 0.3) is 0 Å². The Balaban J connectivity index is 2.26. The van der Waals surface area contributed by atoms with Gasteiger partial charge in [0.05, 0.1) is 6.42 Å². The number of hydrogen-bond acceptors (Lipinski definition) is 3. The van der Waals surface area contributed by atoms with Gasteiger partial charge in [-0.15, -0.1) is 0 Å². The summed E-state index contributed by atoms with van der Waals surface area (Å²) in [5.74, 6) is -1.07. The van der Waals surface area contributed by atoms with Gasteiger partial charge in [0.25, 0.3) is 0 Å². The number of amides is 1. The van der Waals surface area contributed by atoms with Crippen LogP contribution in [-0.2, 0) is 16.0 Å². The van der Waals surface area contributed by atoms with E-state index >= 15 is 0 Å². The number of nitrogens with one attached hydrogen (secondary N) is 1. The summed E-state index contributed by atoms with van der Waals surface area (Å²) in [6.45, 7) is 2.42. The average molecular weight is 264 g/mol. The number of benzene rings is 1. The summed E-state index contributed by atoms with van der Waals surface area (Å²) < 4.78 is 0. The molecule has 0 unspecified atom stereocenters. The predicted molar refractivity (Wildman–Crippen MR) is 72.7 cm³/mol. The maximum atomic E-state index is 11.7. The molecule has 5 nitrogen and oxygen atoms in total. The fraction of sp³-hybridized carbons (Fsp3) is 0.429. The summed E-state index contributed by atoms with van der Waals surface area (Å²) in [5, 5.41) is 11.4. The Morgan fingerprint density at radius 1 is 1.37 bits per heavy atom.